The summed E-state index contributed by atoms with van der Waals surface area (Å²) in [5.74, 6) is 0. The van der Waals surface area contributed by atoms with Gasteiger partial charge in [-0.2, -0.15) is 0 Å². The first-order valence-electron chi connectivity index (χ1n) is 20.3. The maximum atomic E-state index is 2.44. The number of fused-ring (bicyclic) bond motifs is 9. The summed E-state index contributed by atoms with van der Waals surface area (Å²) in [5, 5.41) is 7.52. The smallest absolute Gasteiger partial charge is 0.0468 e. The van der Waals surface area contributed by atoms with Crippen molar-refractivity contribution >= 4 is 49.4 Å². The molecule has 58 heavy (non-hydrogen) atoms. The van der Waals surface area contributed by atoms with Crippen molar-refractivity contribution in [2.45, 2.75) is 19.3 Å². The van der Waals surface area contributed by atoms with Crippen molar-refractivity contribution in [1.29, 1.82) is 0 Å². The first-order valence-corrected chi connectivity index (χ1v) is 20.3. The molecule has 0 fully saturated rings. The highest BCUT2D eigenvalue weighted by atomic mass is 15.1. The Morgan fingerprint density at radius 2 is 0.828 bits per heavy atom. The minimum atomic E-state index is -0.108. The third-order valence-corrected chi connectivity index (χ3v) is 12.4. The molecule has 0 saturated carbocycles. The highest BCUT2D eigenvalue weighted by Crippen LogP contribution is 2.52. The Labute approximate surface area is 340 Å². The fourth-order valence-corrected chi connectivity index (χ4v) is 9.73. The topological polar surface area (TPSA) is 3.24 Å². The summed E-state index contributed by atoms with van der Waals surface area (Å²) in [4.78, 5) is 2.44. The molecule has 0 amide bonds. The summed E-state index contributed by atoms with van der Waals surface area (Å²) >= 11 is 0. The zero-order valence-electron chi connectivity index (χ0n) is 32.7. The number of benzene rings is 10. The predicted octanol–water partition coefficient (Wildman–Crippen LogP) is 15.9. The van der Waals surface area contributed by atoms with E-state index < -0.39 is 0 Å². The molecule has 10 aromatic carbocycles. The number of hydrogen-bond donors (Lipinski definition) is 0. The number of rotatable bonds is 6. The summed E-state index contributed by atoms with van der Waals surface area (Å²) < 4.78 is 0. The number of nitrogens with zero attached hydrogens (tertiary/aromatic N) is 1. The molecular weight excluding hydrogens is 699 g/mol. The summed E-state index contributed by atoms with van der Waals surface area (Å²) in [5.41, 5.74) is 16.0. The summed E-state index contributed by atoms with van der Waals surface area (Å²) in [6.07, 6.45) is 0. The molecule has 11 rings (SSSR count). The Hall–Kier alpha value is -7.22. The van der Waals surface area contributed by atoms with Crippen LogP contribution in [0.2, 0.25) is 0 Å². The van der Waals surface area contributed by atoms with Gasteiger partial charge in [0.25, 0.3) is 0 Å². The molecule has 0 bridgehead atoms. The lowest BCUT2D eigenvalue weighted by atomic mass is 9.81. The largest absolute Gasteiger partial charge is 0.310 e. The van der Waals surface area contributed by atoms with E-state index in [0.29, 0.717) is 0 Å². The van der Waals surface area contributed by atoms with Gasteiger partial charge in [0, 0.05) is 22.5 Å². The first kappa shape index (κ1) is 34.1. The summed E-state index contributed by atoms with van der Waals surface area (Å²) in [7, 11) is 0. The van der Waals surface area contributed by atoms with Crippen LogP contribution < -0.4 is 4.90 Å². The van der Waals surface area contributed by atoms with Gasteiger partial charge < -0.3 is 4.90 Å². The lowest BCUT2D eigenvalue weighted by molar-refractivity contribution is 0.660. The van der Waals surface area contributed by atoms with E-state index in [0.717, 1.165) is 17.1 Å². The second-order valence-electron chi connectivity index (χ2n) is 16.0. The number of anilines is 3. The minimum absolute atomic E-state index is 0.108. The lowest BCUT2D eigenvalue weighted by Gasteiger charge is -2.29. The average molecular weight is 740 g/mol. The molecule has 1 aliphatic rings. The van der Waals surface area contributed by atoms with Crippen LogP contribution >= 0.6 is 0 Å². The second kappa shape index (κ2) is 13.5. The second-order valence-corrected chi connectivity index (χ2v) is 16.0. The van der Waals surface area contributed by atoms with Gasteiger partial charge in [-0.1, -0.05) is 184 Å². The third kappa shape index (κ3) is 5.31. The van der Waals surface area contributed by atoms with Crippen LogP contribution in [0.1, 0.15) is 25.0 Å². The van der Waals surface area contributed by atoms with Gasteiger partial charge in [0.05, 0.1) is 0 Å². The maximum Gasteiger partial charge on any atom is 0.0468 e. The van der Waals surface area contributed by atoms with Crippen LogP contribution in [-0.4, -0.2) is 0 Å². The Bertz CT molecular complexity index is 3160. The lowest BCUT2D eigenvalue weighted by Crippen LogP contribution is -2.16. The van der Waals surface area contributed by atoms with Crippen molar-refractivity contribution in [3.63, 3.8) is 0 Å². The Morgan fingerprint density at radius 3 is 1.53 bits per heavy atom. The monoisotopic (exact) mass is 739 g/mol. The van der Waals surface area contributed by atoms with Crippen LogP contribution in [0.4, 0.5) is 17.1 Å². The standard InChI is InChI=1S/C57H41N/c1-57(2)52-30-18-17-28-45(52)46-33-31-43(36-53(46)57)58(41-25-13-6-14-26-41)42-32-34-48-51(35-42)44-27-15-16-29-47(44)55-50(39-21-9-4-10-22-39)37-49(38-19-7-3-8-20-38)54(56(48)55)40-23-11-5-12-24-40/h3-37H,1-2H3. The normalized spacial score (nSPS) is 12.8. The maximum absolute atomic E-state index is 2.44. The van der Waals surface area contributed by atoms with Crippen LogP contribution in [0.25, 0.3) is 76.8 Å². The van der Waals surface area contributed by atoms with Crippen LogP contribution in [-0.2, 0) is 5.41 Å². The van der Waals surface area contributed by atoms with Gasteiger partial charge in [-0.25, -0.2) is 0 Å². The Morgan fingerprint density at radius 1 is 0.310 bits per heavy atom. The molecule has 0 unspecified atom stereocenters. The highest BCUT2D eigenvalue weighted by Gasteiger charge is 2.36. The van der Waals surface area contributed by atoms with Crippen molar-refractivity contribution < 1.29 is 0 Å². The van der Waals surface area contributed by atoms with E-state index >= 15 is 0 Å². The third-order valence-electron chi connectivity index (χ3n) is 12.4. The van der Waals surface area contributed by atoms with E-state index in [-0.39, 0.29) is 5.41 Å². The molecule has 1 aliphatic carbocycles. The van der Waals surface area contributed by atoms with Crippen molar-refractivity contribution in [3.05, 3.63) is 223 Å². The fraction of sp³-hybridized carbons (Fsp3) is 0.0526. The van der Waals surface area contributed by atoms with E-state index in [1.807, 2.05) is 0 Å². The minimum Gasteiger partial charge on any atom is -0.310 e. The molecule has 0 heterocycles. The van der Waals surface area contributed by atoms with Crippen LogP contribution in [0.3, 0.4) is 0 Å². The molecule has 0 spiro atoms. The number of hydrogen-bond acceptors (Lipinski definition) is 1. The molecule has 1 nitrogen and oxygen atoms in total. The van der Waals surface area contributed by atoms with Gasteiger partial charge in [-0.05, 0) is 130 Å². The average Bonchev–Trinajstić information content (AvgIpc) is 3.52. The van der Waals surface area contributed by atoms with Crippen LogP contribution in [0.5, 0.6) is 0 Å². The van der Waals surface area contributed by atoms with Gasteiger partial charge in [-0.3, -0.25) is 0 Å². The van der Waals surface area contributed by atoms with E-state index in [4.69, 9.17) is 0 Å². The van der Waals surface area contributed by atoms with Gasteiger partial charge in [0.2, 0.25) is 0 Å². The quantitative estimate of drug-likeness (QED) is 0.154. The molecule has 0 aromatic heterocycles. The van der Waals surface area contributed by atoms with E-state index in [1.54, 1.807) is 0 Å². The highest BCUT2D eigenvalue weighted by molar-refractivity contribution is 6.33. The zero-order chi connectivity index (χ0) is 38.8. The SMILES string of the molecule is CC1(C)c2ccccc2-c2ccc(N(c3ccccc3)c3ccc4c(c3)c3ccccc3c3c(-c5ccccc5)cc(-c5ccccc5)c(-c5ccccc5)c43)cc21. The van der Waals surface area contributed by atoms with Crippen molar-refractivity contribution in [2.75, 3.05) is 4.90 Å². The molecule has 0 radical (unpaired) electrons. The fourth-order valence-electron chi connectivity index (χ4n) is 9.73. The van der Waals surface area contributed by atoms with Crippen molar-refractivity contribution in [2.24, 2.45) is 0 Å². The van der Waals surface area contributed by atoms with E-state index in [2.05, 4.69) is 231 Å². The molecule has 274 valence electrons. The molecule has 1 heteroatoms. The number of para-hydroxylation sites is 1. The molecule has 0 aliphatic heterocycles. The van der Waals surface area contributed by atoms with Crippen molar-refractivity contribution in [3.8, 4) is 44.5 Å². The zero-order valence-corrected chi connectivity index (χ0v) is 32.7. The molecular formula is C57H41N. The van der Waals surface area contributed by atoms with Crippen molar-refractivity contribution in [1.82, 2.24) is 0 Å². The van der Waals surface area contributed by atoms with Gasteiger partial charge in [-0.15, -0.1) is 0 Å². The predicted molar refractivity (Wildman–Crippen MR) is 248 cm³/mol. The van der Waals surface area contributed by atoms with Crippen LogP contribution in [0, 0.1) is 0 Å². The molecule has 0 atom stereocenters. The van der Waals surface area contributed by atoms with Crippen LogP contribution in [0.15, 0.2) is 212 Å². The Balaban J connectivity index is 1.24. The van der Waals surface area contributed by atoms with Gasteiger partial charge in [0.15, 0.2) is 0 Å². The first-order chi connectivity index (χ1) is 28.6. The van der Waals surface area contributed by atoms with Gasteiger partial charge >= 0.3 is 0 Å². The van der Waals surface area contributed by atoms with Gasteiger partial charge in [0.1, 0.15) is 0 Å². The Kier molecular flexibility index (Phi) is 7.91. The van der Waals surface area contributed by atoms with E-state index in [9.17, 15) is 0 Å². The molecule has 0 N–H and O–H groups in total. The van der Waals surface area contributed by atoms with E-state index in [1.165, 1.54) is 88.0 Å². The summed E-state index contributed by atoms with van der Waals surface area (Å²) in [6.45, 7) is 4.72. The molecule has 0 saturated heterocycles. The molecule has 10 aromatic rings. The summed E-state index contributed by atoms with van der Waals surface area (Å²) in [6, 6.07) is 78.2.